The number of benzene rings is 1. The second-order valence-corrected chi connectivity index (χ2v) is 6.58. The maximum absolute atomic E-state index is 10.9. The average Bonchev–Trinajstić information content (AvgIpc) is 2.18. The van der Waals surface area contributed by atoms with E-state index in [1.165, 1.54) is 0 Å². The quantitative estimate of drug-likeness (QED) is 0.830. The first kappa shape index (κ1) is 11.4. The topological polar surface area (TPSA) is 67.2 Å². The molecule has 16 heavy (non-hydrogen) atoms. The van der Waals surface area contributed by atoms with E-state index in [4.69, 9.17) is 10.00 Å². The van der Waals surface area contributed by atoms with E-state index < -0.39 is 9.84 Å². The van der Waals surface area contributed by atoms with Crippen molar-refractivity contribution in [2.75, 3.05) is 11.5 Å². The largest absolute Gasteiger partial charge is 0.487 e. The zero-order valence-electron chi connectivity index (χ0n) is 8.18. The van der Waals surface area contributed by atoms with Gasteiger partial charge in [-0.25, -0.2) is 8.42 Å². The van der Waals surface area contributed by atoms with Crippen LogP contribution in [0.3, 0.4) is 0 Å². The van der Waals surface area contributed by atoms with Gasteiger partial charge in [0.15, 0.2) is 9.84 Å². The summed E-state index contributed by atoms with van der Waals surface area (Å²) >= 11 is 3.27. The molecule has 0 N–H and O–H groups in total. The molecule has 0 aliphatic carbocycles. The first-order chi connectivity index (χ1) is 7.50. The van der Waals surface area contributed by atoms with Crippen molar-refractivity contribution in [1.29, 1.82) is 5.26 Å². The Balaban J connectivity index is 2.09. The number of rotatable bonds is 2. The highest BCUT2D eigenvalue weighted by molar-refractivity contribution is 9.10. The summed E-state index contributed by atoms with van der Waals surface area (Å²) < 4.78 is 28.0. The van der Waals surface area contributed by atoms with Gasteiger partial charge in [0.25, 0.3) is 0 Å². The van der Waals surface area contributed by atoms with Crippen molar-refractivity contribution in [2.45, 2.75) is 6.10 Å². The van der Waals surface area contributed by atoms with Gasteiger partial charge in [-0.1, -0.05) is 0 Å². The van der Waals surface area contributed by atoms with Crippen LogP contribution in [0.1, 0.15) is 5.56 Å². The van der Waals surface area contributed by atoms with Gasteiger partial charge in [-0.3, -0.25) is 0 Å². The third kappa shape index (κ3) is 2.36. The van der Waals surface area contributed by atoms with Crippen LogP contribution in [-0.4, -0.2) is 26.0 Å². The van der Waals surface area contributed by atoms with Crippen LogP contribution in [-0.2, 0) is 9.84 Å². The van der Waals surface area contributed by atoms with Gasteiger partial charge in [0, 0.05) is 0 Å². The Labute approximate surface area is 102 Å². The fourth-order valence-electron chi connectivity index (χ4n) is 1.43. The summed E-state index contributed by atoms with van der Waals surface area (Å²) in [6, 6.07) is 6.94. The molecule has 6 heteroatoms. The molecule has 1 aromatic rings. The number of ether oxygens (including phenoxy) is 1. The highest BCUT2D eigenvalue weighted by Crippen LogP contribution is 2.28. The lowest BCUT2D eigenvalue weighted by Crippen LogP contribution is -2.45. The molecule has 4 nitrogen and oxygen atoms in total. The first-order valence-electron chi connectivity index (χ1n) is 4.57. The molecule has 1 heterocycles. The predicted octanol–water partition coefficient (Wildman–Crippen LogP) is 1.50. The van der Waals surface area contributed by atoms with Gasteiger partial charge in [-0.2, -0.15) is 5.26 Å². The summed E-state index contributed by atoms with van der Waals surface area (Å²) in [4.78, 5) is 0. The van der Waals surface area contributed by atoms with Crippen LogP contribution < -0.4 is 4.74 Å². The van der Waals surface area contributed by atoms with E-state index in [0.29, 0.717) is 15.8 Å². The molecule has 0 saturated carbocycles. The van der Waals surface area contributed by atoms with Crippen LogP contribution in [0.15, 0.2) is 22.7 Å². The van der Waals surface area contributed by atoms with E-state index in [2.05, 4.69) is 15.9 Å². The van der Waals surface area contributed by atoms with Crippen molar-refractivity contribution in [1.82, 2.24) is 0 Å². The molecule has 0 radical (unpaired) electrons. The lowest BCUT2D eigenvalue weighted by molar-refractivity contribution is 0.229. The molecule has 1 fully saturated rings. The molecular weight excluding hydrogens is 294 g/mol. The van der Waals surface area contributed by atoms with Crippen LogP contribution in [0.2, 0.25) is 0 Å². The van der Waals surface area contributed by atoms with Gasteiger partial charge in [0.1, 0.15) is 11.9 Å². The molecule has 1 saturated heterocycles. The van der Waals surface area contributed by atoms with Crippen molar-refractivity contribution >= 4 is 25.8 Å². The lowest BCUT2D eigenvalue weighted by Gasteiger charge is -2.26. The second kappa shape index (κ2) is 4.07. The molecule has 0 bridgehead atoms. The Bertz CT molecular complexity index is 550. The summed E-state index contributed by atoms with van der Waals surface area (Å²) in [5.74, 6) is 0.706. The maximum Gasteiger partial charge on any atom is 0.157 e. The molecule has 1 aliphatic heterocycles. The summed E-state index contributed by atoms with van der Waals surface area (Å²) in [5, 5.41) is 8.67. The van der Waals surface area contributed by atoms with Gasteiger partial charge >= 0.3 is 0 Å². The maximum atomic E-state index is 10.9. The molecule has 0 aromatic heterocycles. The standard InChI is InChI=1S/C10H8BrNO3S/c11-9-3-7(4-12)1-2-10(9)15-8-5-16(13,14)6-8/h1-3,8H,5-6H2. The highest BCUT2D eigenvalue weighted by atomic mass is 79.9. The van der Waals surface area contributed by atoms with Crippen molar-refractivity contribution < 1.29 is 13.2 Å². The fraction of sp³-hybridized carbons (Fsp3) is 0.300. The van der Waals surface area contributed by atoms with Crippen molar-refractivity contribution in [3.63, 3.8) is 0 Å². The normalized spacial score (nSPS) is 18.5. The van der Waals surface area contributed by atoms with E-state index in [1.54, 1.807) is 18.2 Å². The molecule has 2 rings (SSSR count). The minimum atomic E-state index is -2.87. The summed E-state index contributed by atoms with van der Waals surface area (Å²) in [5.41, 5.74) is 0.528. The van der Waals surface area contributed by atoms with Gasteiger partial charge < -0.3 is 4.74 Å². The Hall–Kier alpha value is -1.06. The van der Waals surface area contributed by atoms with Crippen LogP contribution in [0.5, 0.6) is 5.75 Å². The highest BCUT2D eigenvalue weighted by Gasteiger charge is 2.35. The van der Waals surface area contributed by atoms with E-state index in [0.717, 1.165) is 0 Å². The lowest BCUT2D eigenvalue weighted by atomic mass is 10.2. The van der Waals surface area contributed by atoms with Crippen LogP contribution in [0.4, 0.5) is 0 Å². The number of hydrogen-bond donors (Lipinski definition) is 0. The third-order valence-corrected chi connectivity index (χ3v) is 4.61. The molecule has 0 atom stereocenters. The fourth-order valence-corrected chi connectivity index (χ4v) is 3.07. The predicted molar refractivity (Wildman–Crippen MR) is 61.9 cm³/mol. The van der Waals surface area contributed by atoms with Gasteiger partial charge in [-0.15, -0.1) is 0 Å². The van der Waals surface area contributed by atoms with Gasteiger partial charge in [-0.05, 0) is 34.1 Å². The number of nitriles is 1. The van der Waals surface area contributed by atoms with Crippen molar-refractivity contribution in [2.24, 2.45) is 0 Å². The van der Waals surface area contributed by atoms with Crippen LogP contribution >= 0.6 is 15.9 Å². The molecule has 0 unspecified atom stereocenters. The Morgan fingerprint density at radius 1 is 1.44 bits per heavy atom. The smallest absolute Gasteiger partial charge is 0.157 e. The molecule has 0 amide bonds. The summed E-state index contributed by atoms with van der Waals surface area (Å²) in [6.07, 6.45) is -0.269. The molecule has 84 valence electrons. The molecule has 0 spiro atoms. The molecule has 1 aliphatic rings. The Morgan fingerprint density at radius 2 is 2.12 bits per heavy atom. The second-order valence-electron chi connectivity index (χ2n) is 3.57. The monoisotopic (exact) mass is 301 g/mol. The number of nitrogens with zero attached hydrogens (tertiary/aromatic N) is 1. The number of sulfone groups is 1. The summed E-state index contributed by atoms with van der Waals surface area (Å²) in [7, 11) is -2.87. The zero-order chi connectivity index (χ0) is 11.8. The molecular formula is C10H8BrNO3S. The molecule has 1 aromatic carbocycles. The van der Waals surface area contributed by atoms with Crippen LogP contribution in [0, 0.1) is 11.3 Å². The minimum Gasteiger partial charge on any atom is -0.487 e. The zero-order valence-corrected chi connectivity index (χ0v) is 10.6. The van der Waals surface area contributed by atoms with E-state index in [1.807, 2.05) is 6.07 Å². The Morgan fingerprint density at radius 3 is 2.62 bits per heavy atom. The first-order valence-corrected chi connectivity index (χ1v) is 7.18. The van der Waals surface area contributed by atoms with E-state index >= 15 is 0 Å². The SMILES string of the molecule is N#Cc1ccc(OC2CS(=O)(=O)C2)c(Br)c1. The third-order valence-electron chi connectivity index (χ3n) is 2.23. The van der Waals surface area contributed by atoms with Crippen LogP contribution in [0.25, 0.3) is 0 Å². The number of halogens is 1. The minimum absolute atomic E-state index is 0.0689. The van der Waals surface area contributed by atoms with E-state index in [9.17, 15) is 8.42 Å². The average molecular weight is 302 g/mol. The summed E-state index contributed by atoms with van der Waals surface area (Å²) in [6.45, 7) is 0. The van der Waals surface area contributed by atoms with Gasteiger partial charge in [0.2, 0.25) is 0 Å². The van der Waals surface area contributed by atoms with E-state index in [-0.39, 0.29) is 17.6 Å². The Kier molecular flexibility index (Phi) is 2.91. The van der Waals surface area contributed by atoms with Gasteiger partial charge in [0.05, 0.1) is 27.6 Å². The van der Waals surface area contributed by atoms with Crippen molar-refractivity contribution in [3.05, 3.63) is 28.2 Å². The van der Waals surface area contributed by atoms with Crippen molar-refractivity contribution in [3.8, 4) is 11.8 Å². The number of hydrogen-bond acceptors (Lipinski definition) is 4.